The Bertz CT molecular complexity index is 389. The van der Waals surface area contributed by atoms with E-state index in [1.54, 1.807) is 0 Å². The topological polar surface area (TPSA) is 27.6 Å². The Morgan fingerprint density at radius 2 is 2.11 bits per heavy atom. The molecule has 0 amide bonds. The second kappa shape index (κ2) is 6.81. The lowest BCUT2D eigenvalue weighted by atomic mass is 10.1. The van der Waals surface area contributed by atoms with Gasteiger partial charge >= 0.3 is 0 Å². The van der Waals surface area contributed by atoms with Gasteiger partial charge in [0.2, 0.25) is 0 Å². The summed E-state index contributed by atoms with van der Waals surface area (Å²) in [5.74, 6) is 1.12. The zero-order valence-electron chi connectivity index (χ0n) is 11.1. The smallest absolute Gasteiger partial charge is 0.156 e. The fourth-order valence-electron chi connectivity index (χ4n) is 1.89. The first-order valence-electron chi connectivity index (χ1n) is 6.36. The SMILES string of the molecule is CN(C)CCN=C1NC(Cc2ccccc2)CS1. The lowest BCUT2D eigenvalue weighted by Crippen LogP contribution is -2.29. The maximum absolute atomic E-state index is 4.58. The van der Waals surface area contributed by atoms with Gasteiger partial charge in [0.05, 0.1) is 6.54 Å². The first-order valence-corrected chi connectivity index (χ1v) is 7.35. The number of hydrogen-bond acceptors (Lipinski definition) is 3. The molecule has 1 aliphatic rings. The monoisotopic (exact) mass is 263 g/mol. The molecule has 1 aromatic carbocycles. The van der Waals surface area contributed by atoms with E-state index in [2.05, 4.69) is 59.6 Å². The molecule has 1 atom stereocenters. The summed E-state index contributed by atoms with van der Waals surface area (Å²) < 4.78 is 0. The van der Waals surface area contributed by atoms with Crippen molar-refractivity contribution in [1.29, 1.82) is 0 Å². The summed E-state index contributed by atoms with van der Waals surface area (Å²) in [5.41, 5.74) is 1.39. The van der Waals surface area contributed by atoms with Crippen molar-refractivity contribution < 1.29 is 0 Å². The third-order valence-corrected chi connectivity index (χ3v) is 3.97. The van der Waals surface area contributed by atoms with Gasteiger partial charge in [0.15, 0.2) is 5.17 Å². The van der Waals surface area contributed by atoms with Gasteiger partial charge < -0.3 is 10.2 Å². The van der Waals surface area contributed by atoms with Gasteiger partial charge in [-0.05, 0) is 26.1 Å². The van der Waals surface area contributed by atoms with Crippen molar-refractivity contribution in [3.05, 3.63) is 35.9 Å². The number of likely N-dealkylation sites (N-methyl/N-ethyl adjacent to an activating group) is 1. The van der Waals surface area contributed by atoms with E-state index in [4.69, 9.17) is 0 Å². The van der Waals surface area contributed by atoms with Crippen LogP contribution in [-0.4, -0.2) is 49.0 Å². The van der Waals surface area contributed by atoms with Crippen molar-refractivity contribution in [1.82, 2.24) is 10.2 Å². The zero-order chi connectivity index (χ0) is 12.8. The van der Waals surface area contributed by atoms with Crippen molar-refractivity contribution >= 4 is 16.9 Å². The second-order valence-corrected chi connectivity index (χ2v) is 5.84. The maximum atomic E-state index is 4.58. The van der Waals surface area contributed by atoms with Gasteiger partial charge in [-0.15, -0.1) is 0 Å². The third-order valence-electron chi connectivity index (χ3n) is 2.88. The predicted octanol–water partition coefficient (Wildman–Crippen LogP) is 1.85. The Morgan fingerprint density at radius 3 is 2.83 bits per heavy atom. The van der Waals surface area contributed by atoms with E-state index in [1.807, 2.05) is 11.8 Å². The van der Waals surface area contributed by atoms with Crippen molar-refractivity contribution in [2.75, 3.05) is 32.9 Å². The van der Waals surface area contributed by atoms with Crippen LogP contribution in [-0.2, 0) is 6.42 Å². The molecule has 3 nitrogen and oxygen atoms in total. The molecule has 1 saturated heterocycles. The Morgan fingerprint density at radius 1 is 1.33 bits per heavy atom. The van der Waals surface area contributed by atoms with Gasteiger partial charge in [-0.1, -0.05) is 42.1 Å². The van der Waals surface area contributed by atoms with Gasteiger partial charge in [0, 0.05) is 18.3 Å². The molecule has 1 N–H and O–H groups in total. The molecule has 0 aromatic heterocycles. The van der Waals surface area contributed by atoms with Crippen LogP contribution in [0.4, 0.5) is 0 Å². The number of hydrogen-bond donors (Lipinski definition) is 1. The highest BCUT2D eigenvalue weighted by Gasteiger charge is 2.19. The summed E-state index contributed by atoms with van der Waals surface area (Å²) >= 11 is 1.84. The minimum absolute atomic E-state index is 0.524. The molecule has 1 aliphatic heterocycles. The number of rotatable bonds is 5. The van der Waals surface area contributed by atoms with E-state index in [-0.39, 0.29) is 0 Å². The molecule has 0 saturated carbocycles. The minimum Gasteiger partial charge on any atom is -0.361 e. The number of nitrogens with zero attached hydrogens (tertiary/aromatic N) is 2. The summed E-state index contributed by atoms with van der Waals surface area (Å²) in [5, 5.41) is 4.62. The number of thioether (sulfide) groups is 1. The van der Waals surface area contributed by atoms with Crippen LogP contribution in [0.25, 0.3) is 0 Å². The van der Waals surface area contributed by atoms with Gasteiger partial charge in [0.1, 0.15) is 0 Å². The van der Waals surface area contributed by atoms with Crippen LogP contribution in [0.3, 0.4) is 0 Å². The van der Waals surface area contributed by atoms with Gasteiger partial charge in [-0.3, -0.25) is 4.99 Å². The summed E-state index contributed by atoms with van der Waals surface area (Å²) in [4.78, 5) is 6.74. The highest BCUT2D eigenvalue weighted by Crippen LogP contribution is 2.17. The van der Waals surface area contributed by atoms with E-state index < -0.39 is 0 Å². The molecule has 98 valence electrons. The van der Waals surface area contributed by atoms with Crippen LogP contribution >= 0.6 is 11.8 Å². The summed E-state index contributed by atoms with van der Waals surface area (Å²) in [7, 11) is 4.15. The molecular weight excluding hydrogens is 242 g/mol. The first-order chi connectivity index (χ1) is 8.74. The van der Waals surface area contributed by atoms with Gasteiger partial charge in [-0.2, -0.15) is 0 Å². The van der Waals surface area contributed by atoms with Crippen LogP contribution < -0.4 is 5.32 Å². The van der Waals surface area contributed by atoms with E-state index >= 15 is 0 Å². The van der Waals surface area contributed by atoms with Crippen LogP contribution in [0.5, 0.6) is 0 Å². The number of benzene rings is 1. The van der Waals surface area contributed by atoms with Crippen molar-refractivity contribution in [2.45, 2.75) is 12.5 Å². The molecular formula is C14H21N3S. The second-order valence-electron chi connectivity index (χ2n) is 4.83. The van der Waals surface area contributed by atoms with Gasteiger partial charge in [0.25, 0.3) is 0 Å². The highest BCUT2D eigenvalue weighted by molar-refractivity contribution is 8.14. The molecule has 1 fully saturated rings. The van der Waals surface area contributed by atoms with Crippen LogP contribution in [0, 0.1) is 0 Å². The van der Waals surface area contributed by atoms with Gasteiger partial charge in [-0.25, -0.2) is 0 Å². The molecule has 1 unspecified atom stereocenters. The Hall–Kier alpha value is -1.00. The molecule has 2 rings (SSSR count). The highest BCUT2D eigenvalue weighted by atomic mass is 32.2. The van der Waals surface area contributed by atoms with Crippen LogP contribution in [0.2, 0.25) is 0 Å². The minimum atomic E-state index is 0.524. The van der Waals surface area contributed by atoms with Crippen LogP contribution in [0.15, 0.2) is 35.3 Å². The average molecular weight is 263 g/mol. The molecule has 0 spiro atoms. The quantitative estimate of drug-likeness (QED) is 0.878. The van der Waals surface area contributed by atoms with Crippen LogP contribution in [0.1, 0.15) is 5.56 Å². The summed E-state index contributed by atoms with van der Waals surface area (Å²) in [6.45, 7) is 1.88. The standard InChI is InChI=1S/C14H21N3S/c1-17(2)9-8-15-14-16-13(11-18-14)10-12-6-4-3-5-7-12/h3-7,13H,8-11H2,1-2H3,(H,15,16). The molecule has 4 heteroatoms. The van der Waals surface area contributed by atoms with Crippen molar-refractivity contribution in [2.24, 2.45) is 4.99 Å². The fourth-order valence-corrected chi connectivity index (χ4v) is 2.88. The number of nitrogens with one attached hydrogen (secondary N) is 1. The van der Waals surface area contributed by atoms with Crippen molar-refractivity contribution in [3.8, 4) is 0 Å². The van der Waals surface area contributed by atoms with E-state index in [9.17, 15) is 0 Å². The van der Waals surface area contributed by atoms with E-state index in [0.717, 1.165) is 30.4 Å². The first kappa shape index (κ1) is 13.4. The number of aliphatic imine (C=N–C) groups is 1. The molecule has 0 bridgehead atoms. The molecule has 0 aliphatic carbocycles. The largest absolute Gasteiger partial charge is 0.361 e. The maximum Gasteiger partial charge on any atom is 0.156 e. The van der Waals surface area contributed by atoms with Crippen molar-refractivity contribution in [3.63, 3.8) is 0 Å². The zero-order valence-corrected chi connectivity index (χ0v) is 11.9. The molecule has 1 aromatic rings. The fraction of sp³-hybridized carbons (Fsp3) is 0.500. The Balaban J connectivity index is 1.78. The Labute approximate surface area is 114 Å². The average Bonchev–Trinajstić information content (AvgIpc) is 2.78. The van der Waals surface area contributed by atoms with E-state index in [1.165, 1.54) is 5.56 Å². The lowest BCUT2D eigenvalue weighted by Gasteiger charge is -2.10. The summed E-state index contributed by atoms with van der Waals surface area (Å²) in [6, 6.07) is 11.2. The Kier molecular flexibility index (Phi) is 5.08. The predicted molar refractivity (Wildman–Crippen MR) is 80.4 cm³/mol. The molecule has 0 radical (unpaired) electrons. The normalized spacial score (nSPS) is 21.5. The third kappa shape index (κ3) is 4.35. The molecule has 1 heterocycles. The number of amidine groups is 1. The lowest BCUT2D eigenvalue weighted by molar-refractivity contribution is 0.420. The molecule has 18 heavy (non-hydrogen) atoms. The summed E-state index contributed by atoms with van der Waals surface area (Å²) in [6.07, 6.45) is 1.08. The van der Waals surface area contributed by atoms with E-state index in [0.29, 0.717) is 6.04 Å².